The van der Waals surface area contributed by atoms with Gasteiger partial charge in [-0.1, -0.05) is 11.6 Å². The zero-order valence-electron chi connectivity index (χ0n) is 11.6. The molecule has 1 aliphatic rings. The third kappa shape index (κ3) is 3.19. The fraction of sp³-hybridized carbons (Fsp3) is 0.214. The molecule has 1 fully saturated rings. The average molecular weight is 355 g/mol. The number of furan rings is 1. The topological polar surface area (TPSA) is 106 Å². The number of non-ortho nitro benzene ring substituents is 1. The highest BCUT2D eigenvalue weighted by atomic mass is 35.5. The van der Waals surface area contributed by atoms with Crippen LogP contribution in [-0.2, 0) is 4.79 Å². The van der Waals surface area contributed by atoms with Crippen molar-refractivity contribution in [3.63, 3.8) is 0 Å². The van der Waals surface area contributed by atoms with E-state index in [4.69, 9.17) is 21.1 Å². The predicted molar refractivity (Wildman–Crippen MR) is 85.6 cm³/mol. The van der Waals surface area contributed by atoms with Gasteiger partial charge in [-0.05, 0) is 18.2 Å². The molecule has 23 heavy (non-hydrogen) atoms. The van der Waals surface area contributed by atoms with Crippen molar-refractivity contribution in [2.45, 2.75) is 11.4 Å². The van der Waals surface area contributed by atoms with E-state index in [0.29, 0.717) is 27.9 Å². The van der Waals surface area contributed by atoms with E-state index in [1.54, 1.807) is 12.1 Å². The van der Waals surface area contributed by atoms with Gasteiger partial charge in [0.05, 0.1) is 9.95 Å². The van der Waals surface area contributed by atoms with Gasteiger partial charge in [0.2, 0.25) is 0 Å². The maximum atomic E-state index is 11.0. The molecule has 2 heterocycles. The van der Waals surface area contributed by atoms with Crippen LogP contribution in [0.15, 0.2) is 34.7 Å². The summed E-state index contributed by atoms with van der Waals surface area (Å²) in [5.41, 5.74) is 0.339. The maximum Gasteiger partial charge on any atom is 0.321 e. The van der Waals surface area contributed by atoms with E-state index in [2.05, 4.69) is 5.32 Å². The van der Waals surface area contributed by atoms with Crippen LogP contribution in [0.2, 0.25) is 5.02 Å². The molecule has 0 aliphatic carbocycles. The van der Waals surface area contributed by atoms with E-state index in [1.165, 1.54) is 30.0 Å². The Morgan fingerprint density at radius 1 is 1.43 bits per heavy atom. The highest BCUT2D eigenvalue weighted by Crippen LogP contribution is 2.38. The number of nitro groups is 1. The SMILES string of the molecule is O=C(O)[C@@H]1CS[C@@H](c2ccc(-c3cc([N+](=O)[O-])ccc3Cl)o2)N1. The van der Waals surface area contributed by atoms with Crippen LogP contribution in [0.3, 0.4) is 0 Å². The van der Waals surface area contributed by atoms with Gasteiger partial charge in [-0.15, -0.1) is 11.8 Å². The lowest BCUT2D eigenvalue weighted by atomic mass is 10.1. The number of aliphatic carboxylic acids is 1. The first-order chi connectivity index (χ1) is 11.0. The zero-order valence-corrected chi connectivity index (χ0v) is 13.1. The lowest BCUT2D eigenvalue weighted by Gasteiger charge is -2.08. The molecule has 2 aromatic rings. The van der Waals surface area contributed by atoms with Gasteiger partial charge in [0.1, 0.15) is 22.9 Å². The van der Waals surface area contributed by atoms with Crippen molar-refractivity contribution in [3.8, 4) is 11.3 Å². The van der Waals surface area contributed by atoms with E-state index in [-0.39, 0.29) is 11.1 Å². The predicted octanol–water partition coefficient (Wildman–Crippen LogP) is 3.30. The molecule has 0 spiro atoms. The minimum absolute atomic E-state index is 0.0818. The molecule has 0 amide bonds. The lowest BCUT2D eigenvalue weighted by Crippen LogP contribution is -2.33. The molecule has 0 unspecified atom stereocenters. The first-order valence-corrected chi connectivity index (χ1v) is 8.03. The van der Waals surface area contributed by atoms with Gasteiger partial charge in [0.15, 0.2) is 0 Å². The Morgan fingerprint density at radius 3 is 2.87 bits per heavy atom. The van der Waals surface area contributed by atoms with Crippen molar-refractivity contribution >= 4 is 35.0 Å². The zero-order chi connectivity index (χ0) is 16.6. The Balaban J connectivity index is 1.87. The van der Waals surface area contributed by atoms with Crippen molar-refractivity contribution < 1.29 is 19.2 Å². The average Bonchev–Trinajstić information content (AvgIpc) is 3.16. The number of carboxylic acid groups (broad SMARTS) is 1. The Kier molecular flexibility index (Phi) is 4.29. The largest absolute Gasteiger partial charge is 0.480 e. The second-order valence-corrected chi connectivity index (χ2v) is 6.44. The van der Waals surface area contributed by atoms with Crippen LogP contribution in [0.4, 0.5) is 5.69 Å². The molecule has 2 atom stereocenters. The maximum absolute atomic E-state index is 11.0. The van der Waals surface area contributed by atoms with Crippen molar-refractivity contribution in [1.82, 2.24) is 5.32 Å². The van der Waals surface area contributed by atoms with Crippen LogP contribution in [0.25, 0.3) is 11.3 Å². The molecule has 1 aromatic heterocycles. The van der Waals surface area contributed by atoms with Crippen molar-refractivity contribution in [2.24, 2.45) is 0 Å². The van der Waals surface area contributed by atoms with Gasteiger partial charge >= 0.3 is 5.97 Å². The highest BCUT2D eigenvalue weighted by Gasteiger charge is 2.32. The summed E-state index contributed by atoms with van der Waals surface area (Å²) in [6.07, 6.45) is 0. The third-order valence-corrected chi connectivity index (χ3v) is 4.95. The van der Waals surface area contributed by atoms with E-state index in [0.717, 1.165) is 0 Å². The summed E-state index contributed by atoms with van der Waals surface area (Å²) in [7, 11) is 0. The second kappa shape index (κ2) is 6.23. The number of nitrogens with zero attached hydrogens (tertiary/aromatic N) is 1. The normalized spacial score (nSPS) is 20.6. The summed E-state index contributed by atoms with van der Waals surface area (Å²) >= 11 is 7.51. The van der Waals surface area contributed by atoms with E-state index in [1.807, 2.05) is 0 Å². The first kappa shape index (κ1) is 15.9. The fourth-order valence-electron chi connectivity index (χ4n) is 2.23. The molecular weight excluding hydrogens is 344 g/mol. The Bertz CT molecular complexity index is 778. The van der Waals surface area contributed by atoms with Crippen LogP contribution >= 0.6 is 23.4 Å². The number of carboxylic acids is 1. The summed E-state index contributed by atoms with van der Waals surface area (Å²) < 4.78 is 5.71. The molecule has 0 radical (unpaired) electrons. The van der Waals surface area contributed by atoms with Gasteiger partial charge in [-0.25, -0.2) is 0 Å². The number of thioether (sulfide) groups is 1. The van der Waals surface area contributed by atoms with Crippen LogP contribution in [0.5, 0.6) is 0 Å². The quantitative estimate of drug-likeness (QED) is 0.641. The number of nitrogens with one attached hydrogen (secondary N) is 1. The molecule has 9 heteroatoms. The standard InChI is InChI=1S/C14H11ClN2O5S/c15-9-2-1-7(17(20)21)5-8(9)11-3-4-12(22-11)13-16-10(6-23-13)14(18)19/h1-5,10,13,16H,6H2,(H,18,19)/t10-,13-/m0/s1. The number of benzene rings is 1. The molecule has 1 saturated heterocycles. The first-order valence-electron chi connectivity index (χ1n) is 6.60. The number of hydrogen-bond donors (Lipinski definition) is 2. The Hall–Kier alpha value is -2.03. The molecule has 0 bridgehead atoms. The molecule has 7 nitrogen and oxygen atoms in total. The third-order valence-electron chi connectivity index (χ3n) is 3.39. The van der Waals surface area contributed by atoms with Gasteiger partial charge in [0, 0.05) is 23.4 Å². The highest BCUT2D eigenvalue weighted by molar-refractivity contribution is 7.99. The van der Waals surface area contributed by atoms with Crippen molar-refractivity contribution in [1.29, 1.82) is 0 Å². The Morgan fingerprint density at radius 2 is 2.22 bits per heavy atom. The van der Waals surface area contributed by atoms with E-state index in [9.17, 15) is 14.9 Å². The van der Waals surface area contributed by atoms with Crippen molar-refractivity contribution in [3.05, 3.63) is 51.2 Å². The molecule has 0 saturated carbocycles. The smallest absolute Gasteiger partial charge is 0.321 e. The monoisotopic (exact) mass is 354 g/mol. The van der Waals surface area contributed by atoms with E-state index < -0.39 is 16.9 Å². The van der Waals surface area contributed by atoms with Crippen molar-refractivity contribution in [2.75, 3.05) is 5.75 Å². The molecule has 1 aliphatic heterocycles. The van der Waals surface area contributed by atoms with E-state index >= 15 is 0 Å². The summed E-state index contributed by atoms with van der Waals surface area (Å²) in [5, 5.41) is 22.9. The fourth-order valence-corrected chi connectivity index (χ4v) is 3.62. The summed E-state index contributed by atoms with van der Waals surface area (Å²) in [6, 6.07) is 6.86. The molecule has 2 N–H and O–H groups in total. The molecule has 3 rings (SSSR count). The second-order valence-electron chi connectivity index (χ2n) is 4.89. The number of nitro benzene ring substituents is 1. The lowest BCUT2D eigenvalue weighted by molar-refractivity contribution is -0.384. The van der Waals surface area contributed by atoms with Crippen LogP contribution in [0, 0.1) is 10.1 Å². The Labute approximate surface area is 139 Å². The summed E-state index contributed by atoms with van der Waals surface area (Å²) in [5.74, 6) is 0.479. The van der Waals surface area contributed by atoms with Gasteiger partial charge in [-0.3, -0.25) is 20.2 Å². The minimum atomic E-state index is -0.909. The van der Waals surface area contributed by atoms with Gasteiger partial charge < -0.3 is 9.52 Å². The van der Waals surface area contributed by atoms with Crippen LogP contribution in [-0.4, -0.2) is 27.8 Å². The van der Waals surface area contributed by atoms with Gasteiger partial charge in [0.25, 0.3) is 5.69 Å². The summed E-state index contributed by atoms with van der Waals surface area (Å²) in [6.45, 7) is 0. The van der Waals surface area contributed by atoms with Crippen LogP contribution < -0.4 is 5.32 Å². The minimum Gasteiger partial charge on any atom is -0.480 e. The molecular formula is C14H11ClN2O5S. The number of carbonyl (C=O) groups is 1. The number of hydrogen-bond acceptors (Lipinski definition) is 6. The molecule has 1 aromatic carbocycles. The van der Waals surface area contributed by atoms with Crippen LogP contribution in [0.1, 0.15) is 11.1 Å². The number of rotatable bonds is 4. The number of halogens is 1. The summed E-state index contributed by atoms with van der Waals surface area (Å²) in [4.78, 5) is 21.3. The molecule has 120 valence electrons. The van der Waals surface area contributed by atoms with Gasteiger partial charge in [-0.2, -0.15) is 0 Å².